The summed E-state index contributed by atoms with van der Waals surface area (Å²) in [4.78, 5) is 8.06. The fraction of sp³-hybridized carbons (Fsp3) is 0.172. The number of hydrogen-bond donors (Lipinski definition) is 0. The minimum Gasteiger partial charge on any atom is -0.490 e. The van der Waals surface area contributed by atoms with Crippen LogP contribution in [0.2, 0.25) is 0 Å². The Hall–Kier alpha value is -4.00. The molecule has 0 saturated heterocycles. The molecule has 0 unspecified atom stereocenters. The van der Waals surface area contributed by atoms with Crippen LogP contribution in [0.1, 0.15) is 23.4 Å². The smallest absolute Gasteiger partial charge is 0.201 e. The van der Waals surface area contributed by atoms with Crippen LogP contribution in [0.3, 0.4) is 0 Å². The lowest BCUT2D eigenvalue weighted by Gasteiger charge is -2.11. The maximum absolute atomic E-state index is 14.7. The molecule has 7 heteroatoms. The predicted molar refractivity (Wildman–Crippen MR) is 132 cm³/mol. The first kappa shape index (κ1) is 25.1. The molecule has 0 amide bonds. The molecule has 0 aliphatic heterocycles. The van der Waals surface area contributed by atoms with Crippen molar-refractivity contribution >= 4 is 0 Å². The standard InChI is InChI=1S/C29H24F4N2O/c1-3-4-15-36-25-14-13-23(28(32)29(25)33)20-8-5-19(6-9-20)7-10-21-11-12-24(27(31)26(21)30)22-16-34-18(2)35-17-22/h3,5-6,8-9,11-14,16-17H,1,4,7,10,15H2,2H3. The van der Waals surface area contributed by atoms with Gasteiger partial charge in [0.2, 0.25) is 5.82 Å². The summed E-state index contributed by atoms with van der Waals surface area (Å²) in [6.07, 6.45) is 5.78. The second kappa shape index (κ2) is 11.2. The molecule has 3 nitrogen and oxygen atoms in total. The first-order chi connectivity index (χ1) is 17.4. The fourth-order valence-corrected chi connectivity index (χ4v) is 3.79. The van der Waals surface area contributed by atoms with Gasteiger partial charge >= 0.3 is 0 Å². The maximum atomic E-state index is 14.7. The van der Waals surface area contributed by atoms with Gasteiger partial charge in [-0.15, -0.1) is 6.58 Å². The normalized spacial score (nSPS) is 10.9. The Morgan fingerprint density at radius 2 is 1.39 bits per heavy atom. The molecule has 0 fully saturated rings. The molecule has 1 heterocycles. The van der Waals surface area contributed by atoms with E-state index >= 15 is 0 Å². The summed E-state index contributed by atoms with van der Waals surface area (Å²) in [5.41, 5.74) is 2.20. The summed E-state index contributed by atoms with van der Waals surface area (Å²) >= 11 is 0. The molecule has 0 atom stereocenters. The second-order valence-corrected chi connectivity index (χ2v) is 8.28. The first-order valence-electron chi connectivity index (χ1n) is 11.5. The molecule has 0 N–H and O–H groups in total. The average molecular weight is 493 g/mol. The van der Waals surface area contributed by atoms with Gasteiger partial charge in [0.05, 0.1) is 6.61 Å². The zero-order chi connectivity index (χ0) is 25.7. The van der Waals surface area contributed by atoms with Gasteiger partial charge in [0.1, 0.15) is 5.82 Å². The van der Waals surface area contributed by atoms with E-state index in [-0.39, 0.29) is 35.5 Å². The number of nitrogens with zero attached hydrogens (tertiary/aromatic N) is 2. The van der Waals surface area contributed by atoms with Crippen LogP contribution in [0.4, 0.5) is 17.6 Å². The van der Waals surface area contributed by atoms with Crippen molar-refractivity contribution in [2.24, 2.45) is 0 Å². The summed E-state index contributed by atoms with van der Waals surface area (Å²) in [6, 6.07) is 12.8. The van der Waals surface area contributed by atoms with Crippen molar-refractivity contribution in [3.8, 4) is 28.0 Å². The van der Waals surface area contributed by atoms with Crippen LogP contribution in [0, 0.1) is 30.2 Å². The van der Waals surface area contributed by atoms with Crippen LogP contribution in [0.25, 0.3) is 22.3 Å². The lowest BCUT2D eigenvalue weighted by molar-refractivity contribution is 0.302. The minimum atomic E-state index is -1.04. The zero-order valence-electron chi connectivity index (χ0n) is 19.7. The molecule has 0 aliphatic rings. The van der Waals surface area contributed by atoms with E-state index in [0.717, 1.165) is 5.56 Å². The van der Waals surface area contributed by atoms with E-state index in [0.29, 0.717) is 29.8 Å². The van der Waals surface area contributed by atoms with Crippen molar-refractivity contribution in [3.63, 3.8) is 0 Å². The van der Waals surface area contributed by atoms with Gasteiger partial charge in [-0.1, -0.05) is 42.5 Å². The Morgan fingerprint density at radius 3 is 2.08 bits per heavy atom. The number of benzene rings is 3. The molecule has 36 heavy (non-hydrogen) atoms. The van der Waals surface area contributed by atoms with Crippen molar-refractivity contribution in [3.05, 3.63) is 114 Å². The molecule has 4 aromatic rings. The van der Waals surface area contributed by atoms with E-state index in [1.807, 2.05) is 0 Å². The highest BCUT2D eigenvalue weighted by atomic mass is 19.2. The molecule has 3 aromatic carbocycles. The molecule has 0 bridgehead atoms. The van der Waals surface area contributed by atoms with Crippen molar-refractivity contribution in [2.45, 2.75) is 26.2 Å². The molecule has 4 rings (SSSR count). The van der Waals surface area contributed by atoms with Gasteiger partial charge in [0.25, 0.3) is 0 Å². The quantitative estimate of drug-likeness (QED) is 0.139. The van der Waals surface area contributed by atoms with Gasteiger partial charge in [0.15, 0.2) is 23.2 Å². The summed E-state index contributed by atoms with van der Waals surface area (Å²) in [5.74, 6) is -3.48. The average Bonchev–Trinajstić information content (AvgIpc) is 2.89. The first-order valence-corrected chi connectivity index (χ1v) is 11.5. The third-order valence-corrected chi connectivity index (χ3v) is 5.83. The van der Waals surface area contributed by atoms with Crippen molar-refractivity contribution < 1.29 is 22.3 Å². The molecule has 0 saturated carbocycles. The Kier molecular flexibility index (Phi) is 7.78. The van der Waals surface area contributed by atoms with Crippen LogP contribution in [0.15, 0.2) is 73.6 Å². The predicted octanol–water partition coefficient (Wildman–Crippen LogP) is 7.42. The minimum absolute atomic E-state index is 0.104. The third kappa shape index (κ3) is 5.46. The monoisotopic (exact) mass is 492 g/mol. The van der Waals surface area contributed by atoms with E-state index in [9.17, 15) is 17.6 Å². The van der Waals surface area contributed by atoms with E-state index in [1.54, 1.807) is 43.3 Å². The lowest BCUT2D eigenvalue weighted by atomic mass is 9.98. The highest BCUT2D eigenvalue weighted by Gasteiger charge is 2.17. The summed E-state index contributed by atoms with van der Waals surface area (Å²) in [7, 11) is 0. The molecule has 0 spiro atoms. The molecule has 0 radical (unpaired) electrons. The van der Waals surface area contributed by atoms with Gasteiger partial charge < -0.3 is 4.74 Å². The van der Waals surface area contributed by atoms with Crippen LogP contribution < -0.4 is 4.74 Å². The number of rotatable bonds is 9. The van der Waals surface area contributed by atoms with Gasteiger partial charge in [-0.3, -0.25) is 0 Å². The van der Waals surface area contributed by atoms with E-state index in [1.165, 1.54) is 30.6 Å². The van der Waals surface area contributed by atoms with Crippen LogP contribution >= 0.6 is 0 Å². The lowest BCUT2D eigenvalue weighted by Crippen LogP contribution is -2.01. The van der Waals surface area contributed by atoms with Crippen molar-refractivity contribution in [1.29, 1.82) is 0 Å². The number of ether oxygens (including phenoxy) is 1. The van der Waals surface area contributed by atoms with Gasteiger partial charge in [0, 0.05) is 29.1 Å². The highest BCUT2D eigenvalue weighted by Crippen LogP contribution is 2.31. The highest BCUT2D eigenvalue weighted by molar-refractivity contribution is 5.66. The molecule has 184 valence electrons. The van der Waals surface area contributed by atoms with Crippen LogP contribution in [-0.4, -0.2) is 16.6 Å². The van der Waals surface area contributed by atoms with Crippen LogP contribution in [-0.2, 0) is 12.8 Å². The van der Waals surface area contributed by atoms with Gasteiger partial charge in [-0.05, 0) is 55.0 Å². The topological polar surface area (TPSA) is 35.0 Å². The zero-order valence-corrected chi connectivity index (χ0v) is 19.7. The van der Waals surface area contributed by atoms with Gasteiger partial charge in [-0.25, -0.2) is 23.1 Å². The van der Waals surface area contributed by atoms with Crippen molar-refractivity contribution in [2.75, 3.05) is 6.61 Å². The SMILES string of the molecule is C=CCCOc1ccc(-c2ccc(CCc3ccc(-c4cnc(C)nc4)c(F)c3F)cc2)c(F)c1F. The molecular weight excluding hydrogens is 468 g/mol. The number of aromatic nitrogens is 2. The summed E-state index contributed by atoms with van der Waals surface area (Å²) in [5, 5.41) is 0. The second-order valence-electron chi connectivity index (χ2n) is 8.28. The summed E-state index contributed by atoms with van der Waals surface area (Å²) in [6.45, 7) is 5.48. The Morgan fingerprint density at radius 1 is 0.750 bits per heavy atom. The Bertz CT molecular complexity index is 1370. The van der Waals surface area contributed by atoms with E-state index < -0.39 is 23.3 Å². The molecule has 1 aromatic heterocycles. The molecular formula is C29H24F4N2O. The van der Waals surface area contributed by atoms with E-state index in [2.05, 4.69) is 16.5 Å². The van der Waals surface area contributed by atoms with Crippen molar-refractivity contribution in [1.82, 2.24) is 9.97 Å². The van der Waals surface area contributed by atoms with E-state index in [4.69, 9.17) is 4.74 Å². The number of aryl methyl sites for hydroxylation is 3. The molecule has 0 aliphatic carbocycles. The van der Waals surface area contributed by atoms with Gasteiger partial charge in [-0.2, -0.15) is 4.39 Å². The summed E-state index contributed by atoms with van der Waals surface area (Å²) < 4.78 is 63.7. The Balaban J connectivity index is 1.45. The number of hydrogen-bond acceptors (Lipinski definition) is 3. The third-order valence-electron chi connectivity index (χ3n) is 5.83. The fourth-order valence-electron chi connectivity index (χ4n) is 3.79. The van der Waals surface area contributed by atoms with Crippen LogP contribution in [0.5, 0.6) is 5.75 Å². The maximum Gasteiger partial charge on any atom is 0.201 e. The largest absolute Gasteiger partial charge is 0.490 e. The Labute approximate surface area is 207 Å². The number of halogens is 4.